The lowest BCUT2D eigenvalue weighted by Gasteiger charge is -2.20. The minimum atomic E-state index is 0.254. The highest BCUT2D eigenvalue weighted by Gasteiger charge is 2.06. The zero-order valence-electron chi connectivity index (χ0n) is 12.7. The van der Waals surface area contributed by atoms with Gasteiger partial charge in [0.2, 0.25) is 0 Å². The van der Waals surface area contributed by atoms with Crippen molar-refractivity contribution in [2.45, 2.75) is 72.4 Å². The van der Waals surface area contributed by atoms with Crippen molar-refractivity contribution in [1.82, 2.24) is 15.1 Å². The first-order valence-electron chi connectivity index (χ1n) is 7.14. The maximum Gasteiger partial charge on any atom is 0.0596 e. The number of rotatable bonds is 7. The van der Waals surface area contributed by atoms with Gasteiger partial charge in [-0.1, -0.05) is 12.8 Å². The minimum absolute atomic E-state index is 0.254. The molecule has 1 heterocycles. The molecule has 3 nitrogen and oxygen atoms in total. The monoisotopic (exact) mass is 251 g/mol. The lowest BCUT2D eigenvalue weighted by Crippen LogP contribution is -2.36. The highest BCUT2D eigenvalue weighted by molar-refractivity contribution is 5.06. The molecule has 3 heteroatoms. The summed E-state index contributed by atoms with van der Waals surface area (Å²) in [4.78, 5) is 0. The van der Waals surface area contributed by atoms with E-state index in [1.165, 1.54) is 31.4 Å². The third-order valence-electron chi connectivity index (χ3n) is 3.06. The summed E-state index contributed by atoms with van der Waals surface area (Å²) in [7, 11) is 0. The van der Waals surface area contributed by atoms with Crippen LogP contribution in [0.4, 0.5) is 0 Å². The average Bonchev–Trinajstić information content (AvgIpc) is 2.54. The highest BCUT2D eigenvalue weighted by Crippen LogP contribution is 2.06. The van der Waals surface area contributed by atoms with Gasteiger partial charge in [-0.05, 0) is 60.1 Å². The van der Waals surface area contributed by atoms with Crippen LogP contribution in [0.3, 0.4) is 0 Å². The molecule has 0 saturated heterocycles. The van der Waals surface area contributed by atoms with E-state index in [1.54, 1.807) is 0 Å². The van der Waals surface area contributed by atoms with Gasteiger partial charge in [-0.2, -0.15) is 5.10 Å². The molecule has 1 aromatic rings. The standard InChI is InChI=1S/C15H29N3/c1-13-12-14(2)18(17-13)11-9-7-6-8-10-16-15(3,4)5/h12,16H,6-11H2,1-5H3. The molecule has 0 aromatic carbocycles. The number of hydrogen-bond acceptors (Lipinski definition) is 2. The molecule has 0 radical (unpaired) electrons. The third-order valence-corrected chi connectivity index (χ3v) is 3.06. The van der Waals surface area contributed by atoms with Crippen LogP contribution in [0.2, 0.25) is 0 Å². The second-order valence-electron chi connectivity index (χ2n) is 6.24. The van der Waals surface area contributed by atoms with E-state index in [-0.39, 0.29) is 5.54 Å². The molecular weight excluding hydrogens is 222 g/mol. The highest BCUT2D eigenvalue weighted by atomic mass is 15.3. The first-order valence-corrected chi connectivity index (χ1v) is 7.14. The predicted molar refractivity (Wildman–Crippen MR) is 77.9 cm³/mol. The number of unbranched alkanes of at least 4 members (excludes halogenated alkanes) is 3. The van der Waals surface area contributed by atoms with Gasteiger partial charge in [0, 0.05) is 17.8 Å². The van der Waals surface area contributed by atoms with Crippen molar-refractivity contribution in [3.05, 3.63) is 17.5 Å². The van der Waals surface area contributed by atoms with E-state index in [1.807, 2.05) is 0 Å². The smallest absolute Gasteiger partial charge is 0.0596 e. The summed E-state index contributed by atoms with van der Waals surface area (Å²) in [5.74, 6) is 0. The Morgan fingerprint density at radius 1 is 1.11 bits per heavy atom. The predicted octanol–water partition coefficient (Wildman–Crippen LogP) is 3.45. The summed E-state index contributed by atoms with van der Waals surface area (Å²) in [5.41, 5.74) is 2.66. The maximum atomic E-state index is 4.48. The normalized spacial score (nSPS) is 12.1. The summed E-state index contributed by atoms with van der Waals surface area (Å²) >= 11 is 0. The first kappa shape index (κ1) is 15.2. The maximum absolute atomic E-state index is 4.48. The van der Waals surface area contributed by atoms with Crippen LogP contribution in [-0.2, 0) is 6.54 Å². The Labute approximate surface area is 112 Å². The Kier molecular flexibility index (Phi) is 5.86. The van der Waals surface area contributed by atoms with Crippen molar-refractivity contribution >= 4 is 0 Å². The fourth-order valence-electron chi connectivity index (χ4n) is 2.10. The molecule has 1 rings (SSSR count). The van der Waals surface area contributed by atoms with Crippen LogP contribution in [0.15, 0.2) is 6.07 Å². The van der Waals surface area contributed by atoms with E-state index >= 15 is 0 Å². The van der Waals surface area contributed by atoms with E-state index in [2.05, 4.69) is 55.8 Å². The Morgan fingerprint density at radius 3 is 2.33 bits per heavy atom. The molecule has 0 bridgehead atoms. The van der Waals surface area contributed by atoms with E-state index in [9.17, 15) is 0 Å². The topological polar surface area (TPSA) is 29.9 Å². The molecule has 18 heavy (non-hydrogen) atoms. The minimum Gasteiger partial charge on any atom is -0.312 e. The molecule has 1 N–H and O–H groups in total. The average molecular weight is 251 g/mol. The largest absolute Gasteiger partial charge is 0.312 e. The van der Waals surface area contributed by atoms with Gasteiger partial charge < -0.3 is 5.32 Å². The van der Waals surface area contributed by atoms with E-state index < -0.39 is 0 Å². The van der Waals surface area contributed by atoms with Crippen molar-refractivity contribution in [2.24, 2.45) is 0 Å². The van der Waals surface area contributed by atoms with Gasteiger partial charge in [0.05, 0.1) is 5.69 Å². The second kappa shape index (κ2) is 6.93. The molecule has 0 aliphatic carbocycles. The fraction of sp³-hybridized carbons (Fsp3) is 0.800. The van der Waals surface area contributed by atoms with Crippen molar-refractivity contribution < 1.29 is 0 Å². The van der Waals surface area contributed by atoms with Crippen LogP contribution < -0.4 is 5.32 Å². The van der Waals surface area contributed by atoms with Crippen molar-refractivity contribution in [2.75, 3.05) is 6.54 Å². The van der Waals surface area contributed by atoms with Crippen molar-refractivity contribution in [3.63, 3.8) is 0 Å². The van der Waals surface area contributed by atoms with Gasteiger partial charge in [0.15, 0.2) is 0 Å². The zero-order chi connectivity index (χ0) is 13.6. The van der Waals surface area contributed by atoms with Gasteiger partial charge in [0.25, 0.3) is 0 Å². The Bertz CT molecular complexity index is 347. The summed E-state index contributed by atoms with van der Waals surface area (Å²) in [6.07, 6.45) is 5.11. The molecule has 0 fully saturated rings. The third kappa shape index (κ3) is 6.20. The molecule has 0 saturated carbocycles. The Balaban J connectivity index is 2.04. The van der Waals surface area contributed by atoms with E-state index in [4.69, 9.17) is 0 Å². The molecule has 0 aliphatic heterocycles. The fourth-order valence-corrected chi connectivity index (χ4v) is 2.10. The summed E-state index contributed by atoms with van der Waals surface area (Å²) < 4.78 is 2.13. The Hall–Kier alpha value is -0.830. The number of aryl methyl sites for hydroxylation is 3. The number of hydrogen-bond donors (Lipinski definition) is 1. The van der Waals surface area contributed by atoms with Gasteiger partial charge >= 0.3 is 0 Å². The quantitative estimate of drug-likeness (QED) is 0.752. The van der Waals surface area contributed by atoms with Crippen LogP contribution in [0, 0.1) is 13.8 Å². The summed E-state index contributed by atoms with van der Waals surface area (Å²) in [5, 5.41) is 8.01. The number of nitrogens with one attached hydrogen (secondary N) is 1. The zero-order valence-corrected chi connectivity index (χ0v) is 12.7. The molecule has 0 aliphatic rings. The number of nitrogens with zero attached hydrogens (tertiary/aromatic N) is 2. The number of aromatic nitrogens is 2. The molecule has 0 atom stereocenters. The van der Waals surface area contributed by atoms with Crippen molar-refractivity contribution in [1.29, 1.82) is 0 Å². The summed E-state index contributed by atoms with van der Waals surface area (Å²) in [6.45, 7) is 13.0. The van der Waals surface area contributed by atoms with Crippen LogP contribution in [0.1, 0.15) is 57.8 Å². The van der Waals surface area contributed by atoms with E-state index in [0.717, 1.165) is 18.8 Å². The van der Waals surface area contributed by atoms with Crippen LogP contribution in [0.25, 0.3) is 0 Å². The molecule has 0 unspecified atom stereocenters. The molecule has 0 spiro atoms. The van der Waals surface area contributed by atoms with E-state index in [0.29, 0.717) is 0 Å². The molecule has 104 valence electrons. The van der Waals surface area contributed by atoms with Gasteiger partial charge in [0.1, 0.15) is 0 Å². The van der Waals surface area contributed by atoms with Gasteiger partial charge in [-0.25, -0.2) is 0 Å². The lowest BCUT2D eigenvalue weighted by atomic mass is 10.1. The molecular formula is C15H29N3. The van der Waals surface area contributed by atoms with Crippen LogP contribution in [0.5, 0.6) is 0 Å². The van der Waals surface area contributed by atoms with Gasteiger partial charge in [-0.3, -0.25) is 4.68 Å². The summed E-state index contributed by atoms with van der Waals surface area (Å²) in [6, 6.07) is 2.15. The van der Waals surface area contributed by atoms with Gasteiger partial charge in [-0.15, -0.1) is 0 Å². The SMILES string of the molecule is Cc1cc(C)n(CCCCCCNC(C)(C)C)n1. The molecule has 0 amide bonds. The van der Waals surface area contributed by atoms with Crippen LogP contribution >= 0.6 is 0 Å². The van der Waals surface area contributed by atoms with Crippen LogP contribution in [-0.4, -0.2) is 21.9 Å². The lowest BCUT2D eigenvalue weighted by molar-refractivity contribution is 0.413. The molecule has 1 aromatic heterocycles. The second-order valence-corrected chi connectivity index (χ2v) is 6.24. The Morgan fingerprint density at radius 2 is 1.78 bits per heavy atom. The van der Waals surface area contributed by atoms with Crippen molar-refractivity contribution in [3.8, 4) is 0 Å². The first-order chi connectivity index (χ1) is 8.38.